The maximum Gasteiger partial charge on any atom is 0.482 e. The van der Waals surface area contributed by atoms with Crippen LogP contribution in [0.5, 0.6) is 0 Å². The van der Waals surface area contributed by atoms with Gasteiger partial charge in [-0.2, -0.15) is 35.1 Å². The van der Waals surface area contributed by atoms with E-state index in [1.165, 1.54) is 72.5 Å². The number of aliphatic hydroxyl groups is 1. The van der Waals surface area contributed by atoms with Gasteiger partial charge in [0.05, 0.1) is 41.5 Å². The zero-order valence-corrected chi connectivity index (χ0v) is 26.2. The third kappa shape index (κ3) is 8.63. The molecule has 0 bridgehead atoms. The third-order valence-electron chi connectivity index (χ3n) is 8.17. The van der Waals surface area contributed by atoms with Gasteiger partial charge in [-0.3, -0.25) is 4.79 Å². The molecule has 1 unspecified atom stereocenters. The Balaban J connectivity index is 1.53. The molecule has 16 heteroatoms. The molecule has 1 heterocycles. The molecular weight excluding hydrogens is 676 g/mol. The normalized spacial score (nSPS) is 18.4. The number of nitrogens with zero attached hydrogens (tertiary/aromatic N) is 1. The van der Waals surface area contributed by atoms with Gasteiger partial charge in [0.1, 0.15) is 0 Å². The van der Waals surface area contributed by atoms with Gasteiger partial charge in [-0.05, 0) is 72.5 Å². The van der Waals surface area contributed by atoms with Crippen LogP contribution >= 0.6 is 0 Å². The summed E-state index contributed by atoms with van der Waals surface area (Å²) in [6, 6.07) is 13.8. The Morgan fingerprint density at radius 2 is 1.52 bits per heavy atom. The van der Waals surface area contributed by atoms with Crippen LogP contribution in [0.1, 0.15) is 58.8 Å². The van der Waals surface area contributed by atoms with Crippen molar-refractivity contribution in [3.05, 3.63) is 95.1 Å². The van der Waals surface area contributed by atoms with Crippen molar-refractivity contribution < 1.29 is 58.2 Å². The number of rotatable bonds is 11. The fourth-order valence-electron chi connectivity index (χ4n) is 5.37. The van der Waals surface area contributed by atoms with Crippen molar-refractivity contribution in [2.24, 2.45) is 0 Å². The van der Waals surface area contributed by atoms with E-state index in [1.807, 2.05) is 0 Å². The van der Waals surface area contributed by atoms with E-state index in [9.17, 15) is 53.4 Å². The smallest absolute Gasteiger partial charge is 0.394 e. The number of nitrogens with one attached hydrogen (secondary N) is 1. The van der Waals surface area contributed by atoms with Gasteiger partial charge in [0.2, 0.25) is 0 Å². The molecule has 3 atom stereocenters. The first kappa shape index (κ1) is 37.1. The van der Waals surface area contributed by atoms with Crippen LogP contribution in [0.15, 0.2) is 77.7 Å². The summed E-state index contributed by atoms with van der Waals surface area (Å²) in [6.07, 6.45) is -15.6. The molecule has 0 spiro atoms. The second kappa shape index (κ2) is 14.4. The Kier molecular flexibility index (Phi) is 11.1. The molecule has 7 nitrogen and oxygen atoms in total. The number of carbonyl (C=O) groups excluding carboxylic acids is 1. The van der Waals surface area contributed by atoms with Crippen molar-refractivity contribution >= 4 is 21.4 Å². The predicted octanol–water partition coefficient (Wildman–Crippen LogP) is 6.89. The first-order chi connectivity index (χ1) is 22.4. The quantitative estimate of drug-likeness (QED) is 0.211. The van der Waals surface area contributed by atoms with Crippen LogP contribution in [0, 0.1) is 0 Å². The second-order valence-corrected chi connectivity index (χ2v) is 13.5. The summed E-state index contributed by atoms with van der Waals surface area (Å²) in [4.78, 5) is 14.6. The van der Waals surface area contributed by atoms with Crippen LogP contribution in [0.3, 0.4) is 0 Å². The largest absolute Gasteiger partial charge is 0.482 e. The van der Waals surface area contributed by atoms with Gasteiger partial charge in [-0.15, -0.1) is 0 Å². The zero-order chi connectivity index (χ0) is 35.5. The highest BCUT2D eigenvalue weighted by Gasteiger charge is 2.59. The van der Waals surface area contributed by atoms with E-state index in [2.05, 4.69) is 10.1 Å². The van der Waals surface area contributed by atoms with Crippen LogP contribution in [0.4, 0.5) is 40.8 Å². The Labute approximate surface area is 271 Å². The summed E-state index contributed by atoms with van der Waals surface area (Å²) in [5.74, 6) is -1.14. The number of ether oxygens (including phenoxy) is 1. The van der Waals surface area contributed by atoms with Gasteiger partial charge in [-0.25, -0.2) is 8.42 Å². The summed E-state index contributed by atoms with van der Waals surface area (Å²) in [6.45, 7) is 0.00540. The summed E-state index contributed by atoms with van der Waals surface area (Å²) >= 11 is 0. The number of alkyl halides is 8. The highest BCUT2D eigenvalue weighted by Crippen LogP contribution is 2.39. The number of aliphatic hydroxyl groups excluding tert-OH is 1. The molecule has 1 saturated heterocycles. The first-order valence-corrected chi connectivity index (χ1v) is 16.4. The van der Waals surface area contributed by atoms with Crippen LogP contribution in [0.2, 0.25) is 0 Å². The minimum Gasteiger partial charge on any atom is -0.394 e. The van der Waals surface area contributed by atoms with Crippen LogP contribution < -0.4 is 10.2 Å². The summed E-state index contributed by atoms with van der Waals surface area (Å²) in [7, 11) is -3.46. The lowest BCUT2D eigenvalue weighted by atomic mass is 9.86. The Bertz CT molecular complexity index is 1650. The molecule has 1 amide bonds. The molecule has 0 saturated carbocycles. The molecular formula is C32H32F8N2O5S. The van der Waals surface area contributed by atoms with Gasteiger partial charge >= 0.3 is 18.5 Å². The Morgan fingerprint density at radius 1 is 0.917 bits per heavy atom. The fraction of sp³-hybridized carbons (Fsp3) is 0.406. The van der Waals surface area contributed by atoms with E-state index in [0.29, 0.717) is 16.8 Å². The van der Waals surface area contributed by atoms with E-state index >= 15 is 0 Å². The maximum atomic E-state index is 13.6. The number of carbonyl (C=O) groups is 1. The summed E-state index contributed by atoms with van der Waals surface area (Å²) in [5, 5.41) is 12.5. The summed E-state index contributed by atoms with van der Waals surface area (Å²) in [5.41, 5.74) is 0.518. The molecule has 0 aromatic heterocycles. The molecule has 1 aliphatic rings. The highest BCUT2D eigenvalue weighted by atomic mass is 32.2. The van der Waals surface area contributed by atoms with E-state index in [1.54, 1.807) is 0 Å². The van der Waals surface area contributed by atoms with Crippen molar-refractivity contribution in [1.29, 1.82) is 0 Å². The van der Waals surface area contributed by atoms with Gasteiger partial charge in [-0.1, -0.05) is 31.2 Å². The highest BCUT2D eigenvalue weighted by molar-refractivity contribution is 7.91. The number of halogens is 8. The van der Waals surface area contributed by atoms with E-state index in [0.717, 1.165) is 12.1 Å². The second-order valence-electron chi connectivity index (χ2n) is 11.3. The molecule has 2 N–H and O–H groups in total. The first-order valence-electron chi connectivity index (χ1n) is 14.7. The SMILES string of the molecule is CCS(=O)(=O)c1ccc([C@H](CO)NC(=O)c2ccc(N3CC(c4ccc(C(F)(F)F)cc4)CC[C@H]3COC(F)(F)C(F)(F)F)cc2)cc1. The van der Waals surface area contributed by atoms with Crippen LogP contribution in [0.25, 0.3) is 0 Å². The standard InChI is InChI=1S/C32H32F8N2O5S/c1-2-48(45,46)27-15-8-21(9-16-27)28(18-43)41-29(44)22-5-12-25(13-6-22)42-17-23(20-3-10-24(11-4-20)30(33,34)35)7-14-26(42)19-47-32(39,40)31(36,37)38/h3-6,8-13,15-16,23,26,28,43H,2,7,14,17-19H2,1H3,(H,41,44)/t23?,26-,28-/m0/s1. The number of amides is 1. The van der Waals surface area contributed by atoms with E-state index < -0.39 is 71.0 Å². The lowest BCUT2D eigenvalue weighted by Gasteiger charge is -2.42. The van der Waals surface area contributed by atoms with Crippen LogP contribution in [-0.4, -0.2) is 63.3 Å². The molecule has 0 aliphatic carbocycles. The van der Waals surface area contributed by atoms with Gasteiger partial charge in [0.15, 0.2) is 9.84 Å². The average molecular weight is 709 g/mol. The topological polar surface area (TPSA) is 95.9 Å². The van der Waals surface area contributed by atoms with Crippen molar-refractivity contribution in [1.82, 2.24) is 5.32 Å². The molecule has 0 radical (unpaired) electrons. The molecule has 262 valence electrons. The van der Waals surface area contributed by atoms with Gasteiger partial charge < -0.3 is 20.1 Å². The molecule has 3 aromatic carbocycles. The number of piperidine rings is 1. The van der Waals surface area contributed by atoms with Crippen molar-refractivity contribution in [3.8, 4) is 0 Å². The minimum absolute atomic E-state index is 0.0405. The number of hydrogen-bond donors (Lipinski definition) is 2. The molecule has 1 aliphatic heterocycles. The minimum atomic E-state index is -5.94. The Morgan fingerprint density at radius 3 is 2.04 bits per heavy atom. The fourth-order valence-corrected chi connectivity index (χ4v) is 6.25. The molecule has 4 rings (SSSR count). The molecule has 1 fully saturated rings. The monoisotopic (exact) mass is 708 g/mol. The predicted molar refractivity (Wildman–Crippen MR) is 159 cm³/mol. The van der Waals surface area contributed by atoms with Crippen molar-refractivity contribution in [3.63, 3.8) is 0 Å². The summed E-state index contributed by atoms with van der Waals surface area (Å²) < 4.78 is 133. The van der Waals surface area contributed by atoms with Crippen molar-refractivity contribution in [2.75, 3.05) is 30.4 Å². The van der Waals surface area contributed by atoms with Crippen molar-refractivity contribution in [2.45, 2.75) is 61.1 Å². The van der Waals surface area contributed by atoms with Crippen LogP contribution in [-0.2, 0) is 20.8 Å². The Hall–Kier alpha value is -3.76. The molecule has 3 aromatic rings. The third-order valence-corrected chi connectivity index (χ3v) is 9.92. The zero-order valence-electron chi connectivity index (χ0n) is 25.4. The molecule has 48 heavy (non-hydrogen) atoms. The van der Waals surface area contributed by atoms with Gasteiger partial charge in [0, 0.05) is 23.7 Å². The number of anilines is 1. The average Bonchev–Trinajstić information content (AvgIpc) is 3.05. The number of sulfone groups is 1. The van der Waals surface area contributed by atoms with Gasteiger partial charge in [0.25, 0.3) is 5.91 Å². The van der Waals surface area contributed by atoms with E-state index in [-0.39, 0.29) is 35.6 Å². The number of benzene rings is 3. The number of hydrogen-bond acceptors (Lipinski definition) is 6. The lowest BCUT2D eigenvalue weighted by Crippen LogP contribution is -2.48. The van der Waals surface area contributed by atoms with E-state index in [4.69, 9.17) is 0 Å². The maximum absolute atomic E-state index is 13.6. The lowest BCUT2D eigenvalue weighted by molar-refractivity contribution is -0.391.